The summed E-state index contributed by atoms with van der Waals surface area (Å²) in [6.07, 6.45) is -0.395. The van der Waals surface area contributed by atoms with E-state index in [0.717, 1.165) is 35.4 Å². The molecule has 21 nitrogen and oxygen atoms in total. The average Bonchev–Trinajstić information content (AvgIpc) is 1.55. The number of fused-ring (bicyclic) bond motifs is 3. The van der Waals surface area contributed by atoms with Crippen molar-refractivity contribution in [2.75, 3.05) is 37.8 Å². The molecule has 5 N–H and O–H groups in total. The first kappa shape index (κ1) is 86.1. The number of hydrogen-bond donors (Lipinski definition) is 4. The van der Waals surface area contributed by atoms with Gasteiger partial charge in [0.2, 0.25) is 16.3 Å². The highest BCUT2D eigenvalue weighted by Gasteiger charge is 2.44. The molecular formula is C71H54Cl5F15N6O15. The Morgan fingerprint density at radius 1 is 0.500 bits per heavy atom. The number of carboxylic acids is 2. The lowest BCUT2D eigenvalue weighted by Gasteiger charge is -2.23. The average molecular weight is 1690 g/mol. The van der Waals surface area contributed by atoms with Crippen LogP contribution < -0.4 is 26.9 Å². The van der Waals surface area contributed by atoms with E-state index in [9.17, 15) is 119 Å². The van der Waals surface area contributed by atoms with E-state index in [1.54, 1.807) is 11.8 Å². The number of anilines is 1. The van der Waals surface area contributed by atoms with Gasteiger partial charge in [-0.15, -0.1) is 0 Å². The molecule has 8 aromatic rings. The molecule has 4 heterocycles. The van der Waals surface area contributed by atoms with Gasteiger partial charge in [0.25, 0.3) is 0 Å². The molecule has 5 fully saturated rings. The molecular weight excluding hydrogens is 1640 g/mol. The maximum Gasteiger partial charge on any atom is 0.343 e. The van der Waals surface area contributed by atoms with Crippen LogP contribution in [0.15, 0.2) is 73.9 Å². The monoisotopic (exact) mass is 1690 g/mol. The fourth-order valence-electron chi connectivity index (χ4n) is 11.3. The van der Waals surface area contributed by atoms with E-state index < -0.39 is 230 Å². The first-order valence-corrected chi connectivity index (χ1v) is 34.7. The number of rotatable bonds is 17. The normalized spacial score (nSPS) is 19.9. The lowest BCUT2D eigenvalue weighted by atomic mass is 10.1. The smallest absolute Gasteiger partial charge is 0.343 e. The van der Waals surface area contributed by atoms with Gasteiger partial charge in [0.05, 0.1) is 98.5 Å². The number of nitrogens with zero attached hydrogens (tertiary/aromatic N) is 5. The van der Waals surface area contributed by atoms with Crippen molar-refractivity contribution in [1.29, 1.82) is 0 Å². The standard InChI is InChI=1S/C17H16ClF2N3O3.C15H12ClF4NO3.C15H11ClF3NO3.C13H7ClF3NO3.C11H8ClF3O3/c18-13-14-8(3-11(20)15(13)22-2-1-7(21)5-22)16(24)9(17(25)26)6-23(14)12-4-10(12)19;1-2-24-15(23)7(5-21-10-4-8(10)17)14(22)6-3-9(18)13(20)11(16)12(6)19;1-2-23-15(22)7-5-20(10-4-8(10)17)13-6(14(7)21)3-9(18)12(19)11(13)16;14-9-10(17)7(16)1-4-11(9)18(8-2-6(8)15)3-5(12(4)19)13(20)21;1-2-18-8(17)4-7(16)5-3-6(13)11(15)9(12)10(5)14/h3,6-7,10,12H,1-2,4-5,21H2,(H,25,26);3,5,8,10,22H,2,4H2,1H3;3,5,8,10H,2,4H2,1H3;1,3,6,8H,2H2,(H,20,21);3H,2,4H2,1H3/t7-,10?,12?;;;;/m0..../s1. The van der Waals surface area contributed by atoms with Crippen LogP contribution in [0.4, 0.5) is 71.5 Å². The van der Waals surface area contributed by atoms with Gasteiger partial charge in [0.15, 0.2) is 64.0 Å². The molecule has 5 aromatic carbocycles. The van der Waals surface area contributed by atoms with Crippen LogP contribution in [-0.4, -0.2) is 141 Å². The Morgan fingerprint density at radius 3 is 1.27 bits per heavy atom. The van der Waals surface area contributed by atoms with Gasteiger partial charge in [-0.3, -0.25) is 29.0 Å². The number of Topliss-reactive ketones (excluding diaryl/α,β-unsaturated/α-hetero) is 1. The third-order valence-electron chi connectivity index (χ3n) is 17.3. The number of aliphatic imine (C=N–C) groups is 1. The van der Waals surface area contributed by atoms with Crippen molar-refractivity contribution < 1.29 is 124 Å². The zero-order valence-corrected chi connectivity index (χ0v) is 61.1. The third kappa shape index (κ3) is 18.1. The zero-order valence-electron chi connectivity index (χ0n) is 57.3. The fraction of sp³-hybridized carbons (Fsp3) is 0.324. The summed E-state index contributed by atoms with van der Waals surface area (Å²) in [7, 11) is 0. The van der Waals surface area contributed by atoms with E-state index in [-0.39, 0.29) is 95.1 Å². The zero-order chi connectivity index (χ0) is 83.0. The number of alkyl halides is 4. The minimum atomic E-state index is -1.63. The van der Waals surface area contributed by atoms with Crippen molar-refractivity contribution in [3.8, 4) is 0 Å². The van der Waals surface area contributed by atoms with Gasteiger partial charge in [-0.05, 0) is 57.5 Å². The Labute approximate surface area is 643 Å². The topological polar surface area (TPSA) is 298 Å². The number of ether oxygens (including phenoxy) is 3. The second-order valence-corrected chi connectivity index (χ2v) is 26.9. The van der Waals surface area contributed by atoms with Crippen LogP contribution in [0.2, 0.25) is 25.1 Å². The van der Waals surface area contributed by atoms with Crippen LogP contribution in [0.1, 0.15) is 124 Å². The highest BCUT2D eigenvalue weighted by atomic mass is 35.5. The Hall–Kier alpha value is -9.88. The van der Waals surface area contributed by atoms with Gasteiger partial charge in [-0.1, -0.05) is 58.0 Å². The predicted molar refractivity (Wildman–Crippen MR) is 376 cm³/mol. The van der Waals surface area contributed by atoms with E-state index >= 15 is 0 Å². The highest BCUT2D eigenvalue weighted by molar-refractivity contribution is 6.38. The van der Waals surface area contributed by atoms with Crippen LogP contribution in [0.5, 0.6) is 0 Å². The van der Waals surface area contributed by atoms with Crippen LogP contribution in [0, 0.1) is 64.0 Å². The van der Waals surface area contributed by atoms with Crippen molar-refractivity contribution in [2.24, 2.45) is 10.7 Å². The number of carbonyl (C=O) groups excluding carboxylic acids is 4. The molecule has 112 heavy (non-hydrogen) atoms. The molecule has 598 valence electrons. The summed E-state index contributed by atoms with van der Waals surface area (Å²) < 4.78 is 220. The summed E-state index contributed by atoms with van der Waals surface area (Å²) in [5.41, 5.74) is -0.681. The van der Waals surface area contributed by atoms with Gasteiger partial charge in [0, 0.05) is 69.6 Å². The molecule has 0 radical (unpaired) electrons. The SMILES string of the molecule is CCOC(=O)C(C=NC1CC1F)=C(O)c1cc(F)c(F)c(Cl)c1F.CCOC(=O)CC(=O)c1cc(F)c(F)c(Cl)c1F.CCOC(=O)c1cn(C2CC2F)c2c(Cl)c(F)c(F)cc2c1=O.N[C@H]1CCN(c2c(F)cc3c(=O)c(C(=O)O)cn(C4CC4F)c3c2Cl)C1.O=C(O)c1cn(C2CC2F)c2c(Cl)c(F)c(F)cc2c1=O. The summed E-state index contributed by atoms with van der Waals surface area (Å²) in [6.45, 7) is 5.50. The van der Waals surface area contributed by atoms with Gasteiger partial charge in [-0.2, -0.15) is 0 Å². The van der Waals surface area contributed by atoms with Crippen molar-refractivity contribution >= 4 is 144 Å². The summed E-state index contributed by atoms with van der Waals surface area (Å²) >= 11 is 28.5. The second-order valence-electron chi connectivity index (χ2n) is 25.0. The number of benzene rings is 5. The van der Waals surface area contributed by atoms with E-state index in [1.807, 2.05) is 0 Å². The Kier molecular flexibility index (Phi) is 26.9. The van der Waals surface area contributed by atoms with E-state index in [0.29, 0.717) is 43.8 Å². The van der Waals surface area contributed by atoms with Crippen molar-refractivity contribution in [1.82, 2.24) is 13.7 Å². The lowest BCUT2D eigenvalue weighted by molar-refractivity contribution is -0.142. The van der Waals surface area contributed by atoms with Crippen LogP contribution in [0.25, 0.3) is 38.5 Å². The summed E-state index contributed by atoms with van der Waals surface area (Å²) in [6, 6.07) is 0.0885. The lowest BCUT2D eigenvalue weighted by Crippen LogP contribution is -2.27. The molecule has 5 aliphatic rings. The molecule has 0 amide bonds. The Balaban J connectivity index is 0.000000162. The van der Waals surface area contributed by atoms with Crippen LogP contribution in [-0.2, 0) is 23.8 Å². The van der Waals surface area contributed by atoms with Crippen molar-refractivity contribution in [3.05, 3.63) is 202 Å². The highest BCUT2D eigenvalue weighted by Crippen LogP contribution is 2.47. The number of carbonyl (C=O) groups is 6. The molecule has 4 aliphatic carbocycles. The molecule has 3 aromatic heterocycles. The van der Waals surface area contributed by atoms with Gasteiger partial charge in [-0.25, -0.2) is 85.0 Å². The number of carboxylic acid groups (broad SMARTS) is 2. The molecule has 0 spiro atoms. The Morgan fingerprint density at radius 2 is 0.875 bits per heavy atom. The number of hydrogen-bond acceptors (Lipinski definition) is 16. The number of nitrogens with two attached hydrogens (primary N) is 1. The van der Waals surface area contributed by atoms with E-state index in [4.69, 9.17) is 73.6 Å². The number of aliphatic hydroxyl groups excluding tert-OH is 1. The van der Waals surface area contributed by atoms with Crippen molar-refractivity contribution in [3.63, 3.8) is 0 Å². The number of esters is 3. The number of pyridine rings is 3. The number of halogens is 20. The molecule has 13 rings (SSSR count). The molecule has 8 unspecified atom stereocenters. The molecule has 1 aliphatic heterocycles. The van der Waals surface area contributed by atoms with E-state index in [1.165, 1.54) is 23.0 Å². The maximum atomic E-state index is 14.8. The third-order valence-corrected chi connectivity index (χ3v) is 19.0. The molecule has 4 saturated carbocycles. The van der Waals surface area contributed by atoms with Crippen molar-refractivity contribution in [2.45, 2.75) is 114 Å². The number of aromatic nitrogens is 3. The first-order valence-electron chi connectivity index (χ1n) is 32.8. The summed E-state index contributed by atoms with van der Waals surface area (Å²) in [5, 5.41) is 23.9. The predicted octanol–water partition coefficient (Wildman–Crippen LogP) is 15.3. The second kappa shape index (κ2) is 35.0. The quantitative estimate of drug-likeness (QED) is 0.00629. The van der Waals surface area contributed by atoms with Gasteiger partial charge < -0.3 is 53.9 Å². The van der Waals surface area contributed by atoms with Gasteiger partial charge >= 0.3 is 29.8 Å². The molecule has 41 heteroatoms. The van der Waals surface area contributed by atoms with E-state index in [2.05, 4.69) is 14.5 Å². The van der Waals surface area contributed by atoms with Crippen LogP contribution >= 0.6 is 58.0 Å². The first-order chi connectivity index (χ1) is 52.6. The number of aliphatic hydroxyl groups is 1. The number of ketones is 1. The van der Waals surface area contributed by atoms with Crippen LogP contribution in [0.3, 0.4) is 0 Å². The molecule has 0 bridgehead atoms. The largest absolute Gasteiger partial charge is 0.506 e. The summed E-state index contributed by atoms with van der Waals surface area (Å²) in [4.78, 5) is 111. The maximum absolute atomic E-state index is 14.8. The van der Waals surface area contributed by atoms with Gasteiger partial charge in [0.1, 0.15) is 85.0 Å². The minimum absolute atomic E-state index is 0.0257. The Bertz CT molecular complexity index is 5480. The minimum Gasteiger partial charge on any atom is -0.506 e. The molecule has 1 saturated heterocycles. The summed E-state index contributed by atoms with van der Waals surface area (Å²) in [5.74, 6) is -23.1. The molecule has 9 atom stereocenters. The number of aromatic carboxylic acids is 2. The fourth-order valence-corrected chi connectivity index (χ4v) is 12.7.